The second-order valence-corrected chi connectivity index (χ2v) is 0.907. The maximum absolute atomic E-state index is 11.0. The van der Waals surface area contributed by atoms with Gasteiger partial charge in [-0.1, -0.05) is 13.8 Å². The van der Waals surface area contributed by atoms with Crippen molar-refractivity contribution in [3.63, 3.8) is 0 Å². The van der Waals surface area contributed by atoms with E-state index in [9.17, 15) is 9.18 Å². The van der Waals surface area contributed by atoms with Crippen molar-refractivity contribution in [3.8, 4) is 0 Å². The van der Waals surface area contributed by atoms with E-state index in [0.29, 0.717) is 0 Å². The predicted molar refractivity (Wildman–Crippen MR) is 35.7 cm³/mol. The number of hydrogen-bond acceptors (Lipinski definition) is 1. The van der Waals surface area contributed by atoms with Gasteiger partial charge in [0.1, 0.15) is 0 Å². The summed E-state index contributed by atoms with van der Waals surface area (Å²) in [6.07, 6.45) is 0.999. The number of nitrogens with one attached hydrogen (secondary N) is 1. The van der Waals surface area contributed by atoms with E-state index in [1.54, 1.807) is 0 Å². The third-order valence-electron chi connectivity index (χ3n) is 0.461. The standard InChI is InChI=1S/C4H6FNO.C2H6/c1-6-4(7)2-3-5;1-2/h2-3H,1H3,(H,6,7);1-2H3/b3-2-;. The van der Waals surface area contributed by atoms with Gasteiger partial charge in [0, 0.05) is 13.1 Å². The van der Waals surface area contributed by atoms with Crippen LogP contribution in [0, 0.1) is 0 Å². The summed E-state index contributed by atoms with van der Waals surface area (Å²) < 4.78 is 11.0. The molecule has 0 aromatic heterocycles. The first kappa shape index (κ1) is 11.0. The molecule has 0 atom stereocenters. The minimum Gasteiger partial charge on any atom is -0.356 e. The zero-order valence-electron chi connectivity index (χ0n) is 5.94. The van der Waals surface area contributed by atoms with Gasteiger partial charge in [0.15, 0.2) is 0 Å². The van der Waals surface area contributed by atoms with Crippen molar-refractivity contribution >= 4 is 5.91 Å². The van der Waals surface area contributed by atoms with Crippen LogP contribution in [0.5, 0.6) is 0 Å². The Morgan fingerprint density at radius 1 is 1.56 bits per heavy atom. The Hall–Kier alpha value is -0.860. The van der Waals surface area contributed by atoms with E-state index >= 15 is 0 Å². The van der Waals surface area contributed by atoms with Crippen molar-refractivity contribution in [1.82, 2.24) is 5.32 Å². The molecule has 9 heavy (non-hydrogen) atoms. The Balaban J connectivity index is 0. The minimum atomic E-state index is -0.428. The molecule has 0 fully saturated rings. The van der Waals surface area contributed by atoms with Crippen molar-refractivity contribution in [2.75, 3.05) is 7.05 Å². The summed E-state index contributed by atoms with van der Waals surface area (Å²) in [6.45, 7) is 4.00. The number of amides is 1. The van der Waals surface area contributed by atoms with E-state index in [2.05, 4.69) is 5.32 Å². The second kappa shape index (κ2) is 10.2. The predicted octanol–water partition coefficient (Wildman–Crippen LogP) is 1.24. The summed E-state index contributed by atoms with van der Waals surface area (Å²) in [5.74, 6) is -0.428. The Morgan fingerprint density at radius 3 is 2.11 bits per heavy atom. The Labute approximate surface area is 54.8 Å². The van der Waals surface area contributed by atoms with Crippen LogP contribution in [-0.4, -0.2) is 13.0 Å². The van der Waals surface area contributed by atoms with E-state index in [1.165, 1.54) is 7.05 Å². The van der Waals surface area contributed by atoms with Crippen LogP contribution in [0.1, 0.15) is 13.8 Å². The first-order valence-corrected chi connectivity index (χ1v) is 2.79. The van der Waals surface area contributed by atoms with Crippen LogP contribution in [0.4, 0.5) is 4.39 Å². The molecule has 0 saturated heterocycles. The van der Waals surface area contributed by atoms with Gasteiger partial charge in [-0.3, -0.25) is 4.79 Å². The maximum atomic E-state index is 11.0. The smallest absolute Gasteiger partial charge is 0.246 e. The highest BCUT2D eigenvalue weighted by atomic mass is 19.1. The van der Waals surface area contributed by atoms with Crippen molar-refractivity contribution in [1.29, 1.82) is 0 Å². The minimum absolute atomic E-state index is 0.193. The van der Waals surface area contributed by atoms with Crippen LogP contribution in [0.15, 0.2) is 12.4 Å². The Kier molecular flexibility index (Phi) is 12.5. The van der Waals surface area contributed by atoms with Crippen LogP contribution < -0.4 is 5.32 Å². The van der Waals surface area contributed by atoms with Crippen LogP contribution >= 0.6 is 0 Å². The summed E-state index contributed by atoms with van der Waals surface area (Å²) in [5, 5.41) is 2.20. The summed E-state index contributed by atoms with van der Waals surface area (Å²) in [5.41, 5.74) is 0. The molecular formula is C6H12FNO. The van der Waals surface area contributed by atoms with Gasteiger partial charge in [-0.2, -0.15) is 0 Å². The fourth-order valence-electron chi connectivity index (χ4n) is 0.141. The van der Waals surface area contributed by atoms with Crippen molar-refractivity contribution in [2.45, 2.75) is 13.8 Å². The molecule has 2 nitrogen and oxygen atoms in total. The zero-order valence-corrected chi connectivity index (χ0v) is 5.94. The molecule has 0 saturated carbocycles. The molecule has 0 radical (unpaired) electrons. The van der Waals surface area contributed by atoms with Crippen LogP contribution in [0.25, 0.3) is 0 Å². The number of carbonyl (C=O) groups excluding carboxylic acids is 1. The lowest BCUT2D eigenvalue weighted by molar-refractivity contribution is -0.116. The fourth-order valence-corrected chi connectivity index (χ4v) is 0.141. The molecule has 0 rings (SSSR count). The molecule has 0 heterocycles. The maximum Gasteiger partial charge on any atom is 0.246 e. The van der Waals surface area contributed by atoms with Gasteiger partial charge in [0.2, 0.25) is 5.91 Å². The van der Waals surface area contributed by atoms with Crippen LogP contribution in [-0.2, 0) is 4.79 Å². The molecule has 1 N–H and O–H groups in total. The van der Waals surface area contributed by atoms with E-state index in [0.717, 1.165) is 6.08 Å². The Bertz CT molecular complexity index is 91.1. The monoisotopic (exact) mass is 133 g/mol. The van der Waals surface area contributed by atoms with Gasteiger partial charge < -0.3 is 5.32 Å². The topological polar surface area (TPSA) is 29.1 Å². The Morgan fingerprint density at radius 2 is 2.00 bits per heavy atom. The zero-order chi connectivity index (χ0) is 7.70. The molecule has 1 amide bonds. The van der Waals surface area contributed by atoms with Gasteiger partial charge >= 0.3 is 0 Å². The summed E-state index contributed by atoms with van der Waals surface area (Å²) in [6, 6.07) is 0. The van der Waals surface area contributed by atoms with E-state index in [-0.39, 0.29) is 6.33 Å². The second-order valence-electron chi connectivity index (χ2n) is 0.907. The van der Waals surface area contributed by atoms with Crippen LogP contribution in [0.2, 0.25) is 0 Å². The van der Waals surface area contributed by atoms with Crippen molar-refractivity contribution in [2.24, 2.45) is 0 Å². The number of halogens is 1. The quantitative estimate of drug-likeness (QED) is 0.536. The van der Waals surface area contributed by atoms with Gasteiger partial charge in [0.05, 0.1) is 6.33 Å². The molecular weight excluding hydrogens is 121 g/mol. The number of carbonyl (C=O) groups is 1. The third kappa shape index (κ3) is 11.0. The number of likely N-dealkylation sites (N-methyl/N-ethyl adjacent to an activating group) is 1. The third-order valence-corrected chi connectivity index (χ3v) is 0.461. The molecule has 0 aromatic rings. The molecule has 0 spiro atoms. The summed E-state index contributed by atoms with van der Waals surface area (Å²) in [4.78, 5) is 9.97. The van der Waals surface area contributed by atoms with Crippen LogP contribution in [0.3, 0.4) is 0 Å². The first-order chi connectivity index (χ1) is 4.31. The molecule has 0 aliphatic carbocycles. The SMILES string of the molecule is CC.CNC(=O)/C=C\F. The fraction of sp³-hybridized carbons (Fsp3) is 0.500. The lowest BCUT2D eigenvalue weighted by Crippen LogP contribution is -2.13. The number of rotatable bonds is 1. The molecule has 54 valence electrons. The molecule has 3 heteroatoms. The highest BCUT2D eigenvalue weighted by Crippen LogP contribution is 1.69. The molecule has 0 unspecified atom stereocenters. The number of hydrogen-bond donors (Lipinski definition) is 1. The first-order valence-electron chi connectivity index (χ1n) is 2.79. The lowest BCUT2D eigenvalue weighted by Gasteiger charge is -1.83. The van der Waals surface area contributed by atoms with Crippen molar-refractivity contribution < 1.29 is 9.18 Å². The molecule has 0 bridgehead atoms. The largest absolute Gasteiger partial charge is 0.356 e. The average Bonchev–Trinajstić information content (AvgIpc) is 1.93. The van der Waals surface area contributed by atoms with E-state index in [4.69, 9.17) is 0 Å². The van der Waals surface area contributed by atoms with E-state index < -0.39 is 5.91 Å². The summed E-state index contributed by atoms with van der Waals surface area (Å²) >= 11 is 0. The lowest BCUT2D eigenvalue weighted by atomic mass is 10.6. The van der Waals surface area contributed by atoms with Gasteiger partial charge in [-0.15, -0.1) is 0 Å². The summed E-state index contributed by atoms with van der Waals surface area (Å²) in [7, 11) is 1.43. The highest BCUT2D eigenvalue weighted by Gasteiger charge is 1.82. The molecule has 0 aliphatic rings. The van der Waals surface area contributed by atoms with Crippen molar-refractivity contribution in [3.05, 3.63) is 12.4 Å². The van der Waals surface area contributed by atoms with Gasteiger partial charge in [-0.25, -0.2) is 4.39 Å². The van der Waals surface area contributed by atoms with Gasteiger partial charge in [0.25, 0.3) is 0 Å². The molecule has 0 aromatic carbocycles. The van der Waals surface area contributed by atoms with E-state index in [1.807, 2.05) is 13.8 Å². The normalized spacial score (nSPS) is 8.00. The average molecular weight is 133 g/mol. The van der Waals surface area contributed by atoms with Gasteiger partial charge in [-0.05, 0) is 0 Å². The highest BCUT2D eigenvalue weighted by molar-refractivity contribution is 5.86. The molecule has 0 aliphatic heterocycles.